The summed E-state index contributed by atoms with van der Waals surface area (Å²) in [5, 5.41) is 6.69. The maximum atomic E-state index is 11.7. The van der Waals surface area contributed by atoms with Gasteiger partial charge in [-0.15, -0.1) is 0 Å². The van der Waals surface area contributed by atoms with Gasteiger partial charge in [-0.3, -0.25) is 4.79 Å². The van der Waals surface area contributed by atoms with Crippen LogP contribution in [-0.4, -0.2) is 61.0 Å². The molecule has 2 aliphatic rings. The molecule has 2 atom stereocenters. The van der Waals surface area contributed by atoms with E-state index < -0.39 is 9.84 Å². The van der Waals surface area contributed by atoms with Gasteiger partial charge in [0.25, 0.3) is 0 Å². The van der Waals surface area contributed by atoms with Crippen molar-refractivity contribution in [1.29, 1.82) is 0 Å². The van der Waals surface area contributed by atoms with E-state index in [1.54, 1.807) is 0 Å². The van der Waals surface area contributed by atoms with Gasteiger partial charge in [0.2, 0.25) is 5.91 Å². The molecular weight excluding hydrogens is 322 g/mol. The maximum Gasteiger partial charge on any atom is 0.219 e. The molecule has 0 aromatic rings. The predicted octanol–water partition coefficient (Wildman–Crippen LogP) is 0.429. The number of rotatable bonds is 8. The second-order valence-corrected chi connectivity index (χ2v) is 8.55. The van der Waals surface area contributed by atoms with Crippen molar-refractivity contribution in [3.63, 3.8) is 0 Å². The zero-order valence-electron chi connectivity index (χ0n) is 13.0. The predicted molar refractivity (Wildman–Crippen MR) is 90.4 cm³/mol. The first-order valence-electron chi connectivity index (χ1n) is 7.97. The zero-order chi connectivity index (χ0) is 16.2. The molecule has 0 radical (unpaired) electrons. The Hall–Kier alpha value is -0.890. The summed E-state index contributed by atoms with van der Waals surface area (Å²) in [6.07, 6.45) is 4.63. The Labute approximate surface area is 137 Å². The lowest BCUT2D eigenvalue weighted by atomic mass is 10.1. The molecule has 0 spiro atoms. The summed E-state index contributed by atoms with van der Waals surface area (Å²) in [7, 11) is -2.92. The van der Waals surface area contributed by atoms with Crippen LogP contribution in [0.2, 0.25) is 0 Å². The molecule has 0 bridgehead atoms. The van der Waals surface area contributed by atoms with Crippen LogP contribution in [-0.2, 0) is 14.6 Å². The summed E-state index contributed by atoms with van der Waals surface area (Å²) in [4.78, 5) is 13.1. The Morgan fingerprint density at radius 1 is 1.32 bits per heavy atom. The Bertz CT molecular complexity index is 521. The van der Waals surface area contributed by atoms with Gasteiger partial charge >= 0.3 is 0 Å². The average molecular weight is 348 g/mol. The minimum absolute atomic E-state index is 0.0151. The van der Waals surface area contributed by atoms with Gasteiger partial charge in [-0.2, -0.15) is 0 Å². The summed E-state index contributed by atoms with van der Waals surface area (Å²) < 4.78 is 23.4. The van der Waals surface area contributed by atoms with E-state index in [0.29, 0.717) is 11.5 Å². The fourth-order valence-corrected chi connectivity index (χ4v) is 5.35. The fraction of sp³-hybridized carbons (Fsp3) is 0.857. The van der Waals surface area contributed by atoms with E-state index in [1.807, 2.05) is 11.8 Å². The molecule has 1 amide bonds. The standard InChI is InChI=1S/C14H25N3O3S2/c1-2-13(18)15-7-5-3-4-6-8-17-12-10-22(19,20)9-11(12)16-14(17)21/h11-12H,2-10H2,1H3,(H,15,18)(H,16,21)/t11-,12+/m0/s1. The highest BCUT2D eigenvalue weighted by atomic mass is 32.2. The van der Waals surface area contributed by atoms with Crippen LogP contribution in [0.4, 0.5) is 0 Å². The monoisotopic (exact) mass is 347 g/mol. The Kier molecular flexibility index (Phi) is 6.02. The van der Waals surface area contributed by atoms with Gasteiger partial charge < -0.3 is 15.5 Å². The van der Waals surface area contributed by atoms with Crippen molar-refractivity contribution in [3.8, 4) is 0 Å². The molecular formula is C14H25N3O3S2. The van der Waals surface area contributed by atoms with Crippen LogP contribution >= 0.6 is 12.2 Å². The first kappa shape index (κ1) is 17.5. The minimum atomic E-state index is -2.92. The second-order valence-electron chi connectivity index (χ2n) is 6.01. The van der Waals surface area contributed by atoms with Crippen molar-refractivity contribution < 1.29 is 13.2 Å². The van der Waals surface area contributed by atoms with Crippen molar-refractivity contribution in [3.05, 3.63) is 0 Å². The summed E-state index contributed by atoms with van der Waals surface area (Å²) >= 11 is 5.30. The van der Waals surface area contributed by atoms with Gasteiger partial charge in [0.05, 0.1) is 23.6 Å². The zero-order valence-corrected chi connectivity index (χ0v) is 14.6. The molecule has 2 fully saturated rings. The highest BCUT2D eigenvalue weighted by Crippen LogP contribution is 2.24. The third-order valence-corrected chi connectivity index (χ3v) is 6.33. The quantitative estimate of drug-likeness (QED) is 0.490. The third-order valence-electron chi connectivity index (χ3n) is 4.26. The molecule has 2 rings (SSSR count). The van der Waals surface area contributed by atoms with Gasteiger partial charge in [0.15, 0.2) is 14.9 Å². The first-order valence-corrected chi connectivity index (χ1v) is 10.2. The molecule has 6 nitrogen and oxygen atoms in total. The van der Waals surface area contributed by atoms with Gasteiger partial charge in [-0.1, -0.05) is 19.8 Å². The number of hydrogen-bond donors (Lipinski definition) is 2. The van der Waals surface area contributed by atoms with E-state index in [9.17, 15) is 13.2 Å². The first-order chi connectivity index (χ1) is 10.4. The molecule has 0 aromatic carbocycles. The number of unbranched alkanes of at least 4 members (excludes halogenated alkanes) is 3. The second kappa shape index (κ2) is 7.59. The lowest BCUT2D eigenvalue weighted by Gasteiger charge is -2.23. The van der Waals surface area contributed by atoms with Crippen molar-refractivity contribution in [2.75, 3.05) is 24.6 Å². The van der Waals surface area contributed by atoms with Crippen LogP contribution in [0, 0.1) is 0 Å². The molecule has 2 heterocycles. The number of amides is 1. The number of carbonyl (C=O) groups excluding carboxylic acids is 1. The summed E-state index contributed by atoms with van der Waals surface area (Å²) in [6.45, 7) is 3.39. The number of nitrogens with zero attached hydrogens (tertiary/aromatic N) is 1. The number of hydrogen-bond acceptors (Lipinski definition) is 4. The van der Waals surface area contributed by atoms with Crippen molar-refractivity contribution >= 4 is 33.1 Å². The molecule has 0 aromatic heterocycles. The molecule has 0 saturated carbocycles. The van der Waals surface area contributed by atoms with Crippen LogP contribution in [0.3, 0.4) is 0 Å². The van der Waals surface area contributed by atoms with Crippen molar-refractivity contribution in [2.24, 2.45) is 0 Å². The number of fused-ring (bicyclic) bond motifs is 1. The largest absolute Gasteiger partial charge is 0.357 e. The number of thiocarbonyl (C=S) groups is 1. The highest BCUT2D eigenvalue weighted by Gasteiger charge is 2.46. The lowest BCUT2D eigenvalue weighted by molar-refractivity contribution is -0.120. The van der Waals surface area contributed by atoms with Crippen LogP contribution in [0.15, 0.2) is 0 Å². The topological polar surface area (TPSA) is 78.5 Å². The van der Waals surface area contributed by atoms with Crippen LogP contribution < -0.4 is 10.6 Å². The van der Waals surface area contributed by atoms with Crippen LogP contribution in [0.5, 0.6) is 0 Å². The molecule has 2 aliphatic heterocycles. The van der Waals surface area contributed by atoms with Gasteiger partial charge in [0, 0.05) is 19.5 Å². The van der Waals surface area contributed by atoms with Crippen molar-refractivity contribution in [2.45, 2.75) is 51.1 Å². The Balaban J connectivity index is 1.63. The molecule has 8 heteroatoms. The van der Waals surface area contributed by atoms with Crippen LogP contribution in [0.1, 0.15) is 39.0 Å². The smallest absolute Gasteiger partial charge is 0.219 e. The molecule has 22 heavy (non-hydrogen) atoms. The molecule has 2 N–H and O–H groups in total. The normalized spacial score (nSPS) is 25.9. The van der Waals surface area contributed by atoms with E-state index in [0.717, 1.165) is 38.8 Å². The summed E-state index contributed by atoms with van der Waals surface area (Å²) in [5.41, 5.74) is 0. The van der Waals surface area contributed by atoms with E-state index in [2.05, 4.69) is 10.6 Å². The van der Waals surface area contributed by atoms with Crippen LogP contribution in [0.25, 0.3) is 0 Å². The summed E-state index contributed by atoms with van der Waals surface area (Å²) in [5.74, 6) is 0.515. The molecule has 126 valence electrons. The molecule has 0 unspecified atom stereocenters. The Morgan fingerprint density at radius 3 is 2.77 bits per heavy atom. The van der Waals surface area contributed by atoms with Gasteiger partial charge in [0.1, 0.15) is 0 Å². The Morgan fingerprint density at radius 2 is 2.05 bits per heavy atom. The lowest BCUT2D eigenvalue weighted by Crippen LogP contribution is -2.37. The highest BCUT2D eigenvalue weighted by molar-refractivity contribution is 7.91. The van der Waals surface area contributed by atoms with Gasteiger partial charge in [-0.05, 0) is 25.1 Å². The van der Waals surface area contributed by atoms with E-state index >= 15 is 0 Å². The molecule has 2 saturated heterocycles. The number of sulfone groups is 1. The fourth-order valence-electron chi connectivity index (χ4n) is 3.05. The SMILES string of the molecule is CCC(=O)NCCCCCCN1C(=S)N[C@H]2CS(=O)(=O)C[C@H]21. The number of carbonyl (C=O) groups is 1. The van der Waals surface area contributed by atoms with E-state index in [1.165, 1.54) is 0 Å². The minimum Gasteiger partial charge on any atom is -0.357 e. The molecule has 0 aliphatic carbocycles. The average Bonchev–Trinajstić information content (AvgIpc) is 2.89. The number of nitrogens with one attached hydrogen (secondary N) is 2. The third kappa shape index (κ3) is 4.55. The van der Waals surface area contributed by atoms with Crippen molar-refractivity contribution in [1.82, 2.24) is 15.5 Å². The summed E-state index contributed by atoms with van der Waals surface area (Å²) in [6, 6.07) is -0.0110. The van der Waals surface area contributed by atoms with E-state index in [4.69, 9.17) is 12.2 Å². The maximum absolute atomic E-state index is 11.7. The van der Waals surface area contributed by atoms with E-state index in [-0.39, 0.29) is 29.5 Å². The van der Waals surface area contributed by atoms with Gasteiger partial charge in [-0.25, -0.2) is 8.42 Å².